The molecule has 2 rings (SSSR count). The first-order valence-electron chi connectivity index (χ1n) is 15.6. The van der Waals surface area contributed by atoms with Gasteiger partial charge in [0.1, 0.15) is 13.2 Å². The summed E-state index contributed by atoms with van der Waals surface area (Å²) in [5.41, 5.74) is 2.01. The van der Waals surface area contributed by atoms with Crippen molar-refractivity contribution in [1.29, 1.82) is 0 Å². The highest BCUT2D eigenvalue weighted by Crippen LogP contribution is 2.13. The number of unbranched alkanes of at least 4 members (excludes halogenated alkanes) is 15. The monoisotopic (exact) mass is 552 g/mol. The minimum Gasteiger partial charge on any atom is -0.445 e. The van der Waals surface area contributed by atoms with Crippen molar-refractivity contribution in [2.45, 2.75) is 116 Å². The lowest BCUT2D eigenvalue weighted by Crippen LogP contribution is -2.25. The van der Waals surface area contributed by atoms with Crippen LogP contribution < -0.4 is 10.6 Å². The predicted octanol–water partition coefficient (Wildman–Crippen LogP) is 9.08. The van der Waals surface area contributed by atoms with Gasteiger partial charge in [-0.05, 0) is 24.0 Å². The van der Waals surface area contributed by atoms with E-state index in [0.717, 1.165) is 36.8 Å². The quantitative estimate of drug-likeness (QED) is 0.135. The van der Waals surface area contributed by atoms with Crippen molar-refractivity contribution in [3.05, 3.63) is 71.8 Å². The average Bonchev–Trinajstić information content (AvgIpc) is 2.99. The molecular formula is C34H52N2O4. The summed E-state index contributed by atoms with van der Waals surface area (Å²) in [6.45, 7) is 2.03. The van der Waals surface area contributed by atoms with E-state index in [9.17, 15) is 9.59 Å². The van der Waals surface area contributed by atoms with Crippen LogP contribution in [0, 0.1) is 0 Å². The largest absolute Gasteiger partial charge is 0.445 e. The van der Waals surface area contributed by atoms with Crippen molar-refractivity contribution < 1.29 is 19.1 Å². The molecule has 0 bridgehead atoms. The number of benzene rings is 2. The first-order chi connectivity index (χ1) is 19.7. The minimum atomic E-state index is -0.327. The zero-order chi connectivity index (χ0) is 28.4. The van der Waals surface area contributed by atoms with Gasteiger partial charge < -0.3 is 20.1 Å². The highest BCUT2D eigenvalue weighted by Gasteiger charge is 2.03. The van der Waals surface area contributed by atoms with Crippen LogP contribution in [0.15, 0.2) is 60.7 Å². The molecule has 0 aliphatic rings. The van der Waals surface area contributed by atoms with E-state index in [1.165, 1.54) is 77.0 Å². The van der Waals surface area contributed by atoms with Gasteiger partial charge in [0.25, 0.3) is 0 Å². The average molecular weight is 553 g/mol. The van der Waals surface area contributed by atoms with Crippen molar-refractivity contribution >= 4 is 12.2 Å². The molecule has 0 saturated heterocycles. The number of alkyl carbamates (subject to hydrolysis) is 2. The highest BCUT2D eigenvalue weighted by atomic mass is 16.6. The number of carbonyl (C=O) groups excluding carboxylic acids is 2. The van der Waals surface area contributed by atoms with Crippen LogP contribution in [0.25, 0.3) is 0 Å². The third kappa shape index (κ3) is 19.1. The molecule has 222 valence electrons. The van der Waals surface area contributed by atoms with Crippen molar-refractivity contribution in [3.8, 4) is 0 Å². The van der Waals surface area contributed by atoms with E-state index in [-0.39, 0.29) is 12.2 Å². The molecule has 6 nitrogen and oxygen atoms in total. The van der Waals surface area contributed by atoms with Crippen LogP contribution in [0.5, 0.6) is 0 Å². The summed E-state index contributed by atoms with van der Waals surface area (Å²) in [6.07, 6.45) is 19.6. The molecule has 0 spiro atoms. The van der Waals surface area contributed by atoms with Gasteiger partial charge in [-0.2, -0.15) is 0 Å². The van der Waals surface area contributed by atoms with Crippen molar-refractivity contribution in [2.75, 3.05) is 13.1 Å². The molecule has 0 fully saturated rings. The van der Waals surface area contributed by atoms with Gasteiger partial charge in [0, 0.05) is 13.1 Å². The van der Waals surface area contributed by atoms with Crippen molar-refractivity contribution in [1.82, 2.24) is 10.6 Å². The highest BCUT2D eigenvalue weighted by molar-refractivity contribution is 5.67. The van der Waals surface area contributed by atoms with E-state index in [4.69, 9.17) is 9.47 Å². The molecule has 0 aliphatic carbocycles. The maximum absolute atomic E-state index is 11.7. The predicted molar refractivity (Wildman–Crippen MR) is 163 cm³/mol. The molecule has 6 heteroatoms. The van der Waals surface area contributed by atoms with Gasteiger partial charge in [-0.3, -0.25) is 0 Å². The van der Waals surface area contributed by atoms with Gasteiger partial charge >= 0.3 is 12.2 Å². The van der Waals surface area contributed by atoms with Gasteiger partial charge in [0.2, 0.25) is 0 Å². The lowest BCUT2D eigenvalue weighted by atomic mass is 10.0. The Kier molecular flexibility index (Phi) is 19.8. The van der Waals surface area contributed by atoms with E-state index < -0.39 is 0 Å². The summed E-state index contributed by atoms with van der Waals surface area (Å²) in [4.78, 5) is 23.4. The van der Waals surface area contributed by atoms with E-state index >= 15 is 0 Å². The first-order valence-corrected chi connectivity index (χ1v) is 15.6. The summed E-state index contributed by atoms with van der Waals surface area (Å²) < 4.78 is 10.4. The number of nitrogens with one attached hydrogen (secondary N) is 2. The number of amides is 2. The van der Waals surface area contributed by atoms with E-state index in [0.29, 0.717) is 26.3 Å². The first kappa shape index (κ1) is 33.2. The molecule has 0 aliphatic heterocycles. The standard InChI is InChI=1S/C34H52N2O4/c37-33(39-29-31-23-17-15-18-24-31)35-27-21-13-11-9-7-5-3-1-2-4-6-8-10-12-14-22-28-36-34(38)40-30-32-25-19-16-20-26-32/h15-20,23-26H,1-14,21-22,27-30H2,(H,35,37)(H,36,38). The maximum Gasteiger partial charge on any atom is 0.407 e. The molecule has 0 unspecified atom stereocenters. The van der Waals surface area contributed by atoms with Gasteiger partial charge in [-0.15, -0.1) is 0 Å². The maximum atomic E-state index is 11.7. The molecule has 2 N–H and O–H groups in total. The van der Waals surface area contributed by atoms with E-state index in [2.05, 4.69) is 10.6 Å². The molecule has 2 aromatic rings. The lowest BCUT2D eigenvalue weighted by Gasteiger charge is -2.07. The SMILES string of the molecule is O=C(NCCCCCCCCCCCCCCCCCCNC(=O)OCc1ccccc1)OCc1ccccc1. The van der Waals surface area contributed by atoms with Gasteiger partial charge in [0.05, 0.1) is 0 Å². The normalized spacial score (nSPS) is 10.7. The van der Waals surface area contributed by atoms with Crippen LogP contribution in [0.4, 0.5) is 9.59 Å². The van der Waals surface area contributed by atoms with E-state index in [1.807, 2.05) is 60.7 Å². The number of carbonyl (C=O) groups is 2. The Balaban J connectivity index is 1.22. The van der Waals surface area contributed by atoms with Gasteiger partial charge in [-0.1, -0.05) is 151 Å². The molecule has 0 atom stereocenters. The molecular weight excluding hydrogens is 500 g/mol. The zero-order valence-corrected chi connectivity index (χ0v) is 24.5. The Labute approximate surface area is 242 Å². The van der Waals surface area contributed by atoms with Crippen molar-refractivity contribution in [2.24, 2.45) is 0 Å². The molecule has 0 saturated carbocycles. The van der Waals surface area contributed by atoms with Gasteiger partial charge in [-0.25, -0.2) is 9.59 Å². The minimum absolute atomic E-state index is 0.323. The summed E-state index contributed by atoms with van der Waals surface area (Å²) in [5.74, 6) is 0. The fourth-order valence-corrected chi connectivity index (χ4v) is 4.65. The van der Waals surface area contributed by atoms with Crippen LogP contribution >= 0.6 is 0 Å². The second kappa shape index (κ2) is 23.8. The number of rotatable bonds is 23. The van der Waals surface area contributed by atoms with Crippen LogP contribution in [-0.4, -0.2) is 25.3 Å². The number of hydrogen-bond donors (Lipinski definition) is 2. The number of hydrogen-bond acceptors (Lipinski definition) is 4. The molecule has 0 aromatic heterocycles. The van der Waals surface area contributed by atoms with Crippen LogP contribution in [-0.2, 0) is 22.7 Å². The molecule has 40 heavy (non-hydrogen) atoms. The Morgan fingerprint density at radius 3 is 1.00 bits per heavy atom. The van der Waals surface area contributed by atoms with Crippen LogP contribution in [0.1, 0.15) is 114 Å². The molecule has 2 aromatic carbocycles. The molecule has 0 heterocycles. The summed E-state index contributed by atoms with van der Waals surface area (Å²) in [7, 11) is 0. The topological polar surface area (TPSA) is 76.7 Å². The third-order valence-electron chi connectivity index (χ3n) is 7.07. The lowest BCUT2D eigenvalue weighted by molar-refractivity contribution is 0.138. The van der Waals surface area contributed by atoms with Crippen LogP contribution in [0.2, 0.25) is 0 Å². The summed E-state index contributed by atoms with van der Waals surface area (Å²) in [5, 5.41) is 5.68. The van der Waals surface area contributed by atoms with Crippen LogP contribution in [0.3, 0.4) is 0 Å². The fourth-order valence-electron chi connectivity index (χ4n) is 4.65. The smallest absolute Gasteiger partial charge is 0.407 e. The molecule has 0 radical (unpaired) electrons. The van der Waals surface area contributed by atoms with E-state index in [1.54, 1.807) is 0 Å². The number of ether oxygens (including phenoxy) is 2. The Bertz CT molecular complexity index is 803. The second-order valence-corrected chi connectivity index (χ2v) is 10.6. The Morgan fingerprint density at radius 2 is 0.700 bits per heavy atom. The summed E-state index contributed by atoms with van der Waals surface area (Å²) >= 11 is 0. The summed E-state index contributed by atoms with van der Waals surface area (Å²) in [6, 6.07) is 19.5. The fraction of sp³-hybridized carbons (Fsp3) is 0.588. The second-order valence-electron chi connectivity index (χ2n) is 10.6. The third-order valence-corrected chi connectivity index (χ3v) is 7.07. The van der Waals surface area contributed by atoms with Gasteiger partial charge in [0.15, 0.2) is 0 Å². The Hall–Kier alpha value is -3.02. The zero-order valence-electron chi connectivity index (χ0n) is 24.5. The Morgan fingerprint density at radius 1 is 0.425 bits per heavy atom. The molecule has 2 amide bonds. The van der Waals surface area contributed by atoms with Crippen molar-refractivity contribution in [3.63, 3.8) is 0 Å².